The summed E-state index contributed by atoms with van der Waals surface area (Å²) in [5.41, 5.74) is 5.07. The molecule has 1 N–H and O–H groups in total. The minimum Gasteiger partial charge on any atom is -0.413 e. The first-order valence-corrected chi connectivity index (χ1v) is 45.5. The lowest BCUT2D eigenvalue weighted by atomic mass is 9.81. The first-order valence-electron chi connectivity index (χ1n) is 33.3. The summed E-state index contributed by atoms with van der Waals surface area (Å²) < 4.78 is 50.6. The van der Waals surface area contributed by atoms with Crippen molar-refractivity contribution in [3.8, 4) is 0 Å². The summed E-state index contributed by atoms with van der Waals surface area (Å²) in [6, 6.07) is 0. The van der Waals surface area contributed by atoms with Crippen LogP contribution in [0.15, 0.2) is 36.0 Å². The molecule has 14 heteroatoms. The minimum atomic E-state index is -2.46. The van der Waals surface area contributed by atoms with Crippen LogP contribution in [0.25, 0.3) is 0 Å². The van der Waals surface area contributed by atoms with Gasteiger partial charge in [-0.25, -0.2) is 0 Å². The Kier molecular flexibility index (Phi) is 33.3. The van der Waals surface area contributed by atoms with E-state index in [1.807, 2.05) is 21.3 Å². The lowest BCUT2D eigenvalue weighted by Gasteiger charge is -2.48. The van der Waals surface area contributed by atoms with Crippen LogP contribution in [0.4, 0.5) is 0 Å². The molecule has 0 aromatic rings. The van der Waals surface area contributed by atoms with Crippen LogP contribution in [0.1, 0.15) is 217 Å². The number of allylic oxidation sites excluding steroid dienone is 3. The molecule has 83 heavy (non-hydrogen) atoms. The van der Waals surface area contributed by atoms with Gasteiger partial charge >= 0.3 is 0 Å². The molecule has 8 nitrogen and oxygen atoms in total. The van der Waals surface area contributed by atoms with Crippen molar-refractivity contribution in [2.24, 2.45) is 29.6 Å². The molecule has 0 aromatic carbocycles. The van der Waals surface area contributed by atoms with Gasteiger partial charge in [0.1, 0.15) is 0 Å². The van der Waals surface area contributed by atoms with Crippen LogP contribution in [0, 0.1) is 29.6 Å². The maximum atomic E-state index is 12.9. The summed E-state index contributed by atoms with van der Waals surface area (Å²) in [7, 11) is -3.50. The fraction of sp³-hybridized carbons (Fsp3) is 0.913. The topological polar surface area (TPSA) is 84.8 Å². The minimum absolute atomic E-state index is 0.0133. The fourth-order valence-corrected chi connectivity index (χ4v) is 31.6. The van der Waals surface area contributed by atoms with Crippen molar-refractivity contribution >= 4 is 56.8 Å². The summed E-state index contributed by atoms with van der Waals surface area (Å²) >= 11 is 4.24. The van der Waals surface area contributed by atoms with Gasteiger partial charge in [-0.05, 0) is 176 Å². The molecule has 0 amide bonds. The number of hydrogen-bond donors (Lipinski definition) is 1. The Balaban J connectivity index is 2.74. The molecule has 2 aliphatic rings. The van der Waals surface area contributed by atoms with E-state index in [0.29, 0.717) is 56.1 Å². The molecule has 1 heterocycles. The smallest absolute Gasteiger partial charge is 0.200 e. The maximum absolute atomic E-state index is 12.9. The summed E-state index contributed by atoms with van der Waals surface area (Å²) in [5, 5.41) is 12.9. The molecule has 0 radical (unpaired) electrons. The van der Waals surface area contributed by atoms with Crippen molar-refractivity contribution in [1.82, 2.24) is 0 Å². The molecule has 2 rings (SSSR count). The van der Waals surface area contributed by atoms with Crippen molar-refractivity contribution in [2.45, 2.75) is 340 Å². The largest absolute Gasteiger partial charge is 0.413 e. The number of ether oxygens (including phenoxy) is 3. The van der Waals surface area contributed by atoms with Crippen molar-refractivity contribution in [3.63, 3.8) is 0 Å². The quantitative estimate of drug-likeness (QED) is 0.0484. The van der Waals surface area contributed by atoms with Crippen LogP contribution in [0.2, 0.25) is 69.5 Å². The van der Waals surface area contributed by atoms with Crippen molar-refractivity contribution < 1.29 is 37.0 Å². The zero-order valence-corrected chi connectivity index (χ0v) is 65.5. The molecule has 1 unspecified atom stereocenters. The van der Waals surface area contributed by atoms with Gasteiger partial charge in [0.05, 0.1) is 53.4 Å². The predicted molar refractivity (Wildman–Crippen MR) is 377 cm³/mol. The highest BCUT2D eigenvalue weighted by Gasteiger charge is 2.51. The van der Waals surface area contributed by atoms with E-state index in [9.17, 15) is 5.11 Å². The van der Waals surface area contributed by atoms with Gasteiger partial charge in [-0.1, -0.05) is 169 Å². The van der Waals surface area contributed by atoms with E-state index in [4.69, 9.17) is 31.9 Å². The van der Waals surface area contributed by atoms with Crippen molar-refractivity contribution in [3.05, 3.63) is 36.0 Å². The van der Waals surface area contributed by atoms with E-state index in [1.165, 1.54) is 23.5 Å². The average Bonchev–Trinajstić information content (AvgIpc) is 2.80. The molecule has 0 spiro atoms. The number of rotatable bonds is 36. The van der Waals surface area contributed by atoms with Crippen molar-refractivity contribution in [2.75, 3.05) is 32.8 Å². The molecule has 1 saturated carbocycles. The molecule has 0 aromatic heterocycles. The lowest BCUT2D eigenvalue weighted by Crippen LogP contribution is -2.54. The standard InChI is InChI=1S/C69H138O8S2Si4/c1-32-34-58(40-52(14)39-53(15)41-63(72-26)66(77-81(30,31)69(22,23)24)64(73-27)43-55(17)67-78-37-33-38-79-67)61(74-80(28,29)68(19,20)21)45-60(76-83(49(8)9,50(10)11)51(12)13)56(18)65(70)54(16)42-57-35-36-59(62(44-57)71-25)75-82(46(2)3,47(4)5)48(6)7/h32,40,42,46-51,53,55-67,70H,1,33-39,41,43-45H2,2-31H3/b52-40+,54-42+/t53-,55+,56+,57?,58+,59+,60-,61+,62+,63-,64-,65+,66+/m0/s1. The summed E-state index contributed by atoms with van der Waals surface area (Å²) in [6.07, 6.45) is 14.0. The van der Waals surface area contributed by atoms with E-state index in [-0.39, 0.29) is 70.6 Å². The Morgan fingerprint density at radius 1 is 0.614 bits per heavy atom. The Bertz CT molecular complexity index is 1880. The zero-order chi connectivity index (χ0) is 64.0. The van der Waals surface area contributed by atoms with Crippen molar-refractivity contribution in [1.29, 1.82) is 0 Å². The Hall–Kier alpha value is 0.468. The Morgan fingerprint density at radius 3 is 1.54 bits per heavy atom. The second kappa shape index (κ2) is 34.8. The van der Waals surface area contributed by atoms with E-state index in [0.717, 1.165) is 50.5 Å². The van der Waals surface area contributed by atoms with Gasteiger partial charge < -0.3 is 37.0 Å². The molecular formula is C69H138O8S2Si4. The molecule has 490 valence electrons. The van der Waals surface area contributed by atoms with Gasteiger partial charge in [-0.2, -0.15) is 0 Å². The summed E-state index contributed by atoms with van der Waals surface area (Å²) in [4.78, 5) is 0. The molecule has 1 aliphatic heterocycles. The van der Waals surface area contributed by atoms with Gasteiger partial charge in [0.2, 0.25) is 16.6 Å². The Morgan fingerprint density at radius 2 is 1.10 bits per heavy atom. The maximum Gasteiger partial charge on any atom is 0.200 e. The summed E-state index contributed by atoms with van der Waals surface area (Å²) in [6.45, 7) is 68.1. The molecule has 2 fully saturated rings. The van der Waals surface area contributed by atoms with Gasteiger partial charge in [0.25, 0.3) is 0 Å². The fourth-order valence-electron chi connectivity index (χ4n) is 14.5. The third kappa shape index (κ3) is 21.8. The number of thioether (sulfide) groups is 2. The number of aliphatic hydroxyl groups excluding tert-OH is 1. The van der Waals surface area contributed by atoms with Gasteiger partial charge in [-0.15, -0.1) is 30.1 Å². The van der Waals surface area contributed by atoms with E-state index in [1.54, 1.807) is 0 Å². The molecule has 0 bridgehead atoms. The molecule has 1 aliphatic carbocycles. The zero-order valence-electron chi connectivity index (χ0n) is 59.9. The third-order valence-electron chi connectivity index (χ3n) is 21.2. The van der Waals surface area contributed by atoms with Crippen LogP contribution >= 0.6 is 23.5 Å². The Labute approximate surface area is 528 Å². The molecular weight excluding hydrogens is 1130 g/mol. The predicted octanol–water partition coefficient (Wildman–Crippen LogP) is 20.8. The number of methoxy groups -OCH3 is 3. The van der Waals surface area contributed by atoms with Crippen LogP contribution in [-0.2, 0) is 31.9 Å². The van der Waals surface area contributed by atoms with Crippen LogP contribution in [0.5, 0.6) is 0 Å². The third-order valence-corrected chi connectivity index (χ3v) is 45.9. The van der Waals surface area contributed by atoms with Gasteiger partial charge in [-0.3, -0.25) is 0 Å². The van der Waals surface area contributed by atoms with Crippen LogP contribution in [0.3, 0.4) is 0 Å². The average molecular weight is 1270 g/mol. The van der Waals surface area contributed by atoms with Gasteiger partial charge in [0, 0.05) is 33.2 Å². The van der Waals surface area contributed by atoms with Crippen LogP contribution in [-0.4, -0.2) is 125 Å². The molecule has 1 saturated heterocycles. The highest BCUT2D eigenvalue weighted by molar-refractivity contribution is 8.17. The summed E-state index contributed by atoms with van der Waals surface area (Å²) in [5.74, 6) is 3.45. The first kappa shape index (κ1) is 79.6. The lowest BCUT2D eigenvalue weighted by molar-refractivity contribution is -0.0934. The number of aliphatic hydroxyl groups is 1. The number of hydrogen-bond acceptors (Lipinski definition) is 10. The normalized spacial score (nSPS) is 23.0. The monoisotopic (exact) mass is 1270 g/mol. The van der Waals surface area contributed by atoms with Crippen LogP contribution < -0.4 is 0 Å². The van der Waals surface area contributed by atoms with E-state index >= 15 is 0 Å². The van der Waals surface area contributed by atoms with E-state index in [2.05, 4.69) is 234 Å². The highest BCUT2D eigenvalue weighted by Crippen LogP contribution is 2.49. The SMILES string of the molecule is C=CC[C@H](/C=C(\C)C[C@H](C)C[C@H](OC)[C@@H](O[Si](C)(C)C(C)(C)C)[C@H](C[C@@H](C)C1SCCCS1)OC)[C@@H](C[C@H](O[Si](C(C)C)(C(C)C)C(C)C)[C@@H](C)[C@H](O)/C(C)=C/C1CC[C@@H](O[Si](C(C)C)(C(C)C)C(C)C)[C@H](OC)C1)O[Si](C)(C)C(C)(C)C. The highest BCUT2D eigenvalue weighted by atomic mass is 32.2. The second-order valence-electron chi connectivity index (χ2n) is 31.5. The first-order chi connectivity index (χ1) is 38.1. The van der Waals surface area contributed by atoms with E-state index < -0.39 is 39.4 Å². The second-order valence-corrected chi connectivity index (χ2v) is 54.6. The molecule has 13 atom stereocenters. The van der Waals surface area contributed by atoms with Gasteiger partial charge in [0.15, 0.2) is 16.6 Å².